The van der Waals surface area contributed by atoms with Crippen LogP contribution >= 0.6 is 11.6 Å². The minimum Gasteiger partial charge on any atom is -0.481 e. The highest BCUT2D eigenvalue weighted by molar-refractivity contribution is 6.31. The summed E-state index contributed by atoms with van der Waals surface area (Å²) in [6.07, 6.45) is -0.0410. The Balaban J connectivity index is 2.00. The number of nitrogens with one attached hydrogen (secondary N) is 2. The van der Waals surface area contributed by atoms with E-state index in [4.69, 9.17) is 21.1 Å². The number of carbonyl (C=O) groups excluding carboxylic acids is 2. The van der Waals surface area contributed by atoms with Gasteiger partial charge >= 0.3 is 0 Å². The summed E-state index contributed by atoms with van der Waals surface area (Å²) < 4.78 is 10.7. The molecule has 2 amide bonds. The Morgan fingerprint density at radius 1 is 1.18 bits per heavy atom. The molecule has 2 rings (SSSR count). The lowest BCUT2D eigenvalue weighted by Gasteiger charge is -2.17. The first kappa shape index (κ1) is 21.7. The van der Waals surface area contributed by atoms with Crippen molar-refractivity contribution in [1.82, 2.24) is 5.32 Å². The number of rotatable bonds is 9. The number of halogens is 1. The highest BCUT2D eigenvalue weighted by Crippen LogP contribution is 2.22. The molecule has 2 aromatic rings. The molecule has 0 heterocycles. The van der Waals surface area contributed by atoms with Crippen LogP contribution in [0, 0.1) is 6.92 Å². The van der Waals surface area contributed by atoms with E-state index in [1.807, 2.05) is 6.92 Å². The van der Waals surface area contributed by atoms with Crippen molar-refractivity contribution < 1.29 is 19.1 Å². The van der Waals surface area contributed by atoms with Crippen LogP contribution < -0.4 is 15.4 Å². The van der Waals surface area contributed by atoms with Crippen LogP contribution in [0.2, 0.25) is 5.02 Å². The van der Waals surface area contributed by atoms with Crippen LogP contribution in [0.4, 0.5) is 5.69 Å². The van der Waals surface area contributed by atoms with Crippen LogP contribution in [0.1, 0.15) is 29.3 Å². The van der Waals surface area contributed by atoms with Crippen LogP contribution in [0.3, 0.4) is 0 Å². The minimum absolute atomic E-state index is 0.256. The molecule has 0 saturated heterocycles. The lowest BCUT2D eigenvalue weighted by atomic mass is 10.1. The van der Waals surface area contributed by atoms with Crippen molar-refractivity contribution in [1.29, 1.82) is 0 Å². The van der Waals surface area contributed by atoms with Gasteiger partial charge in [-0.1, -0.05) is 23.7 Å². The van der Waals surface area contributed by atoms with Gasteiger partial charge in [0.2, 0.25) is 0 Å². The summed E-state index contributed by atoms with van der Waals surface area (Å²) >= 11 is 6.01. The number of aryl methyl sites for hydroxylation is 1. The molecule has 0 fully saturated rings. The fraction of sp³-hybridized carbons (Fsp3) is 0.333. The standard InChI is InChI=1S/C21H25ClN2O4/c1-14-13-16(9-10-18(14)22)28-15(2)20(25)24-19-8-5-4-7-17(19)21(26)23-11-6-12-27-3/h4-5,7-10,13,15H,6,11-12H2,1-3H3,(H,23,26)(H,24,25)/t15-/m1/s1. The number of anilines is 1. The Hall–Kier alpha value is -2.57. The van der Waals surface area contributed by atoms with Gasteiger partial charge in [0.15, 0.2) is 6.10 Å². The fourth-order valence-corrected chi connectivity index (χ4v) is 2.60. The van der Waals surface area contributed by atoms with Crippen LogP contribution in [-0.2, 0) is 9.53 Å². The Labute approximate surface area is 170 Å². The second-order valence-electron chi connectivity index (χ2n) is 6.31. The molecule has 6 nitrogen and oxygen atoms in total. The third-order valence-electron chi connectivity index (χ3n) is 4.05. The zero-order chi connectivity index (χ0) is 20.5. The third kappa shape index (κ3) is 6.25. The average molecular weight is 405 g/mol. The first-order valence-electron chi connectivity index (χ1n) is 9.02. The van der Waals surface area contributed by atoms with Crippen LogP contribution in [0.25, 0.3) is 0 Å². The second-order valence-corrected chi connectivity index (χ2v) is 6.72. The Morgan fingerprint density at radius 3 is 2.64 bits per heavy atom. The molecule has 0 bridgehead atoms. The summed E-state index contributed by atoms with van der Waals surface area (Å²) in [6, 6.07) is 12.0. The van der Waals surface area contributed by atoms with Crippen molar-refractivity contribution in [2.75, 3.05) is 25.6 Å². The van der Waals surface area contributed by atoms with E-state index in [1.54, 1.807) is 56.5 Å². The fourth-order valence-electron chi connectivity index (χ4n) is 2.49. The van der Waals surface area contributed by atoms with Crippen molar-refractivity contribution in [3.63, 3.8) is 0 Å². The van der Waals surface area contributed by atoms with E-state index in [0.29, 0.717) is 41.6 Å². The van der Waals surface area contributed by atoms with Gasteiger partial charge in [-0.15, -0.1) is 0 Å². The third-order valence-corrected chi connectivity index (χ3v) is 4.48. The van der Waals surface area contributed by atoms with Gasteiger partial charge in [-0.25, -0.2) is 0 Å². The minimum atomic E-state index is -0.751. The molecule has 0 aliphatic rings. The predicted octanol–water partition coefficient (Wildman–Crippen LogP) is 3.82. The first-order valence-corrected chi connectivity index (χ1v) is 9.40. The van der Waals surface area contributed by atoms with Crippen LogP contribution in [0.15, 0.2) is 42.5 Å². The molecule has 0 unspecified atom stereocenters. The maximum Gasteiger partial charge on any atom is 0.265 e. The quantitative estimate of drug-likeness (QED) is 0.623. The molecule has 28 heavy (non-hydrogen) atoms. The van der Waals surface area contributed by atoms with Crippen molar-refractivity contribution in [3.8, 4) is 5.75 Å². The van der Waals surface area contributed by atoms with Gasteiger partial charge in [-0.3, -0.25) is 9.59 Å². The van der Waals surface area contributed by atoms with Gasteiger partial charge in [-0.05, 0) is 56.2 Å². The van der Waals surface area contributed by atoms with Gasteiger partial charge in [0.05, 0.1) is 11.3 Å². The van der Waals surface area contributed by atoms with E-state index in [2.05, 4.69) is 10.6 Å². The summed E-state index contributed by atoms with van der Waals surface area (Å²) in [5, 5.41) is 6.21. The molecule has 0 aromatic heterocycles. The van der Waals surface area contributed by atoms with E-state index in [9.17, 15) is 9.59 Å². The molecule has 1 atom stereocenters. The van der Waals surface area contributed by atoms with E-state index in [0.717, 1.165) is 5.56 Å². The van der Waals surface area contributed by atoms with Crippen LogP contribution in [-0.4, -0.2) is 38.2 Å². The van der Waals surface area contributed by atoms with E-state index >= 15 is 0 Å². The molecule has 150 valence electrons. The predicted molar refractivity (Wildman–Crippen MR) is 110 cm³/mol. The maximum absolute atomic E-state index is 12.5. The number of hydrogen-bond donors (Lipinski definition) is 2. The van der Waals surface area contributed by atoms with Gasteiger partial charge in [0.25, 0.3) is 11.8 Å². The number of methoxy groups -OCH3 is 1. The molecule has 0 radical (unpaired) electrons. The number of hydrogen-bond acceptors (Lipinski definition) is 4. The molecule has 2 N–H and O–H groups in total. The average Bonchev–Trinajstić information content (AvgIpc) is 2.68. The number of ether oxygens (including phenoxy) is 2. The number of amides is 2. The van der Waals surface area contributed by atoms with Gasteiger partial charge in [0.1, 0.15) is 5.75 Å². The molecular formula is C21H25ClN2O4. The van der Waals surface area contributed by atoms with Crippen molar-refractivity contribution >= 4 is 29.1 Å². The second kappa shape index (κ2) is 10.7. The SMILES string of the molecule is COCCCNC(=O)c1ccccc1NC(=O)[C@@H](C)Oc1ccc(Cl)c(C)c1. The van der Waals surface area contributed by atoms with E-state index in [1.165, 1.54) is 0 Å². The molecule has 2 aromatic carbocycles. The smallest absolute Gasteiger partial charge is 0.265 e. The van der Waals surface area contributed by atoms with Crippen molar-refractivity contribution in [3.05, 3.63) is 58.6 Å². The molecular weight excluding hydrogens is 380 g/mol. The summed E-state index contributed by atoms with van der Waals surface area (Å²) in [7, 11) is 1.61. The Bertz CT molecular complexity index is 826. The summed E-state index contributed by atoms with van der Waals surface area (Å²) in [6.45, 7) is 4.57. The summed E-state index contributed by atoms with van der Waals surface area (Å²) in [4.78, 5) is 24.9. The highest BCUT2D eigenvalue weighted by Gasteiger charge is 2.18. The molecule has 0 aliphatic carbocycles. The first-order chi connectivity index (χ1) is 13.4. The molecule has 0 saturated carbocycles. The lowest BCUT2D eigenvalue weighted by Crippen LogP contribution is -2.32. The molecule has 7 heteroatoms. The normalized spacial score (nSPS) is 11.6. The van der Waals surface area contributed by atoms with Crippen molar-refractivity contribution in [2.45, 2.75) is 26.4 Å². The highest BCUT2D eigenvalue weighted by atomic mass is 35.5. The largest absolute Gasteiger partial charge is 0.481 e. The zero-order valence-corrected chi connectivity index (χ0v) is 17.0. The van der Waals surface area contributed by atoms with Crippen LogP contribution in [0.5, 0.6) is 5.75 Å². The number of carbonyl (C=O) groups is 2. The van der Waals surface area contributed by atoms with Gasteiger partial charge < -0.3 is 20.1 Å². The Morgan fingerprint density at radius 2 is 1.93 bits per heavy atom. The van der Waals surface area contributed by atoms with E-state index in [-0.39, 0.29) is 11.8 Å². The lowest BCUT2D eigenvalue weighted by molar-refractivity contribution is -0.122. The van der Waals surface area contributed by atoms with E-state index < -0.39 is 6.10 Å². The van der Waals surface area contributed by atoms with Crippen molar-refractivity contribution in [2.24, 2.45) is 0 Å². The molecule has 0 spiro atoms. The number of para-hydroxylation sites is 1. The molecule has 0 aliphatic heterocycles. The van der Waals surface area contributed by atoms with Gasteiger partial charge in [0, 0.05) is 25.3 Å². The summed E-state index contributed by atoms with van der Waals surface area (Å²) in [5.74, 6) is -0.0603. The Kier molecular flexibility index (Phi) is 8.29. The topological polar surface area (TPSA) is 76.7 Å². The zero-order valence-electron chi connectivity index (χ0n) is 16.3. The summed E-state index contributed by atoms with van der Waals surface area (Å²) in [5.41, 5.74) is 1.68. The number of benzene rings is 2. The van der Waals surface area contributed by atoms with Gasteiger partial charge in [-0.2, -0.15) is 0 Å². The maximum atomic E-state index is 12.5. The monoisotopic (exact) mass is 404 g/mol.